The summed E-state index contributed by atoms with van der Waals surface area (Å²) in [7, 11) is 2.89. The fraction of sp³-hybridized carbons (Fsp3) is 0.417. The van der Waals surface area contributed by atoms with Crippen molar-refractivity contribution in [1.82, 2.24) is 0 Å². The number of benzene rings is 1. The molecular formula is C12H14ClFN2O4. The van der Waals surface area contributed by atoms with E-state index in [4.69, 9.17) is 11.6 Å². The minimum Gasteiger partial charge on any atom is -0.469 e. The number of hydrogen-bond donors (Lipinski definition) is 0. The molecule has 110 valence electrons. The van der Waals surface area contributed by atoms with E-state index < -0.39 is 10.7 Å². The van der Waals surface area contributed by atoms with Gasteiger partial charge < -0.3 is 9.64 Å². The van der Waals surface area contributed by atoms with Crippen LogP contribution in [0.4, 0.5) is 15.8 Å². The van der Waals surface area contributed by atoms with Gasteiger partial charge in [0.15, 0.2) is 0 Å². The van der Waals surface area contributed by atoms with Gasteiger partial charge in [0.2, 0.25) is 0 Å². The highest BCUT2D eigenvalue weighted by molar-refractivity contribution is 6.31. The summed E-state index contributed by atoms with van der Waals surface area (Å²) < 4.78 is 17.8. The molecule has 0 amide bonds. The molecule has 0 aliphatic carbocycles. The Labute approximate surface area is 120 Å². The van der Waals surface area contributed by atoms with Crippen LogP contribution in [-0.2, 0) is 9.53 Å². The summed E-state index contributed by atoms with van der Waals surface area (Å²) in [5, 5.41) is 10.7. The fourth-order valence-corrected chi connectivity index (χ4v) is 1.82. The van der Waals surface area contributed by atoms with Gasteiger partial charge in [-0.15, -0.1) is 0 Å². The molecule has 0 heterocycles. The molecule has 1 rings (SSSR count). The molecule has 0 aliphatic heterocycles. The number of esters is 1. The average Bonchev–Trinajstić information content (AvgIpc) is 2.40. The van der Waals surface area contributed by atoms with Crippen LogP contribution in [0.3, 0.4) is 0 Å². The van der Waals surface area contributed by atoms with Crippen LogP contribution in [0.2, 0.25) is 5.02 Å². The van der Waals surface area contributed by atoms with Gasteiger partial charge in [-0.25, -0.2) is 4.39 Å². The first-order chi connectivity index (χ1) is 9.36. The highest BCUT2D eigenvalue weighted by Gasteiger charge is 2.20. The normalized spacial score (nSPS) is 10.2. The summed E-state index contributed by atoms with van der Waals surface area (Å²) in [6.45, 7) is 0.373. The van der Waals surface area contributed by atoms with E-state index >= 15 is 0 Å². The van der Waals surface area contributed by atoms with Crippen molar-refractivity contribution in [3.05, 3.63) is 33.1 Å². The van der Waals surface area contributed by atoms with Crippen LogP contribution in [0, 0.1) is 15.9 Å². The highest BCUT2D eigenvalue weighted by Crippen LogP contribution is 2.32. The monoisotopic (exact) mass is 304 g/mol. The van der Waals surface area contributed by atoms with Gasteiger partial charge in [-0.1, -0.05) is 11.6 Å². The number of methoxy groups -OCH3 is 1. The zero-order valence-electron chi connectivity index (χ0n) is 11.1. The highest BCUT2D eigenvalue weighted by atomic mass is 35.5. The molecular weight excluding hydrogens is 291 g/mol. The third kappa shape index (κ3) is 4.06. The lowest BCUT2D eigenvalue weighted by atomic mass is 10.2. The zero-order chi connectivity index (χ0) is 15.3. The van der Waals surface area contributed by atoms with E-state index in [1.54, 1.807) is 11.9 Å². The van der Waals surface area contributed by atoms with Gasteiger partial charge >= 0.3 is 5.97 Å². The summed E-state index contributed by atoms with van der Waals surface area (Å²) in [6, 6.07) is 1.99. The molecule has 0 aliphatic rings. The molecule has 0 bridgehead atoms. The molecule has 1 aromatic carbocycles. The number of nitro benzene ring substituents is 1. The van der Waals surface area contributed by atoms with Crippen molar-refractivity contribution in [2.45, 2.75) is 12.8 Å². The Hall–Kier alpha value is -1.89. The number of carbonyl (C=O) groups is 1. The lowest BCUT2D eigenvalue weighted by molar-refractivity contribution is -0.384. The Morgan fingerprint density at radius 3 is 2.75 bits per heavy atom. The Kier molecular flexibility index (Phi) is 5.69. The largest absolute Gasteiger partial charge is 0.469 e. The second kappa shape index (κ2) is 7.04. The Morgan fingerprint density at radius 1 is 1.55 bits per heavy atom. The predicted molar refractivity (Wildman–Crippen MR) is 72.6 cm³/mol. The molecule has 0 fully saturated rings. The summed E-state index contributed by atoms with van der Waals surface area (Å²) >= 11 is 5.64. The van der Waals surface area contributed by atoms with Crippen LogP contribution >= 0.6 is 11.6 Å². The lowest BCUT2D eigenvalue weighted by Crippen LogP contribution is -2.20. The lowest BCUT2D eigenvalue weighted by Gasteiger charge is -2.19. The van der Waals surface area contributed by atoms with E-state index in [2.05, 4.69) is 4.74 Å². The molecule has 0 aromatic heterocycles. The molecule has 0 atom stereocenters. The van der Waals surface area contributed by atoms with E-state index in [1.807, 2.05) is 0 Å². The minimum absolute atomic E-state index is 0.189. The molecule has 0 saturated carbocycles. The molecule has 20 heavy (non-hydrogen) atoms. The van der Waals surface area contributed by atoms with E-state index in [1.165, 1.54) is 13.2 Å². The molecule has 0 N–H and O–H groups in total. The smallest absolute Gasteiger partial charge is 0.305 e. The van der Waals surface area contributed by atoms with Gasteiger partial charge in [0, 0.05) is 20.0 Å². The van der Waals surface area contributed by atoms with Crippen LogP contribution in [0.15, 0.2) is 12.1 Å². The van der Waals surface area contributed by atoms with Crippen molar-refractivity contribution < 1.29 is 18.8 Å². The maximum absolute atomic E-state index is 13.3. The number of hydrogen-bond acceptors (Lipinski definition) is 5. The maximum Gasteiger partial charge on any atom is 0.305 e. The van der Waals surface area contributed by atoms with Gasteiger partial charge in [-0.05, 0) is 12.5 Å². The van der Waals surface area contributed by atoms with E-state index in [0.29, 0.717) is 13.0 Å². The predicted octanol–water partition coefficient (Wildman–Crippen LogP) is 2.78. The SMILES string of the molecule is COC(=O)CCCN(C)c1cc(Cl)c(F)cc1[N+](=O)[O-]. The standard InChI is InChI=1S/C12H14ClFN2O4/c1-15(5-3-4-12(17)20-2)10-6-8(13)9(14)7-11(10)16(18)19/h6-7H,3-5H2,1-2H3. The first-order valence-electron chi connectivity index (χ1n) is 5.78. The van der Waals surface area contributed by atoms with E-state index in [-0.39, 0.29) is 28.8 Å². The van der Waals surface area contributed by atoms with Crippen LogP contribution in [-0.4, -0.2) is 31.6 Å². The molecule has 6 nitrogen and oxygen atoms in total. The van der Waals surface area contributed by atoms with Crippen LogP contribution in [0.1, 0.15) is 12.8 Å². The van der Waals surface area contributed by atoms with Gasteiger partial charge in [0.1, 0.15) is 11.5 Å². The number of halogens is 2. The van der Waals surface area contributed by atoms with Gasteiger partial charge in [-0.3, -0.25) is 14.9 Å². The fourth-order valence-electron chi connectivity index (χ4n) is 1.66. The van der Waals surface area contributed by atoms with Crippen molar-refractivity contribution in [1.29, 1.82) is 0 Å². The number of rotatable bonds is 6. The maximum atomic E-state index is 13.3. The van der Waals surface area contributed by atoms with Crippen molar-refractivity contribution in [2.75, 3.05) is 25.6 Å². The Bertz CT molecular complexity index is 524. The minimum atomic E-state index is -0.843. The van der Waals surface area contributed by atoms with Crippen molar-refractivity contribution >= 4 is 28.9 Å². The van der Waals surface area contributed by atoms with Crippen LogP contribution in [0.25, 0.3) is 0 Å². The van der Waals surface area contributed by atoms with Crippen LogP contribution in [0.5, 0.6) is 0 Å². The number of nitrogens with zero attached hydrogens (tertiary/aromatic N) is 2. The summed E-state index contributed by atoms with van der Waals surface area (Å²) in [6.07, 6.45) is 0.652. The van der Waals surface area contributed by atoms with Crippen molar-refractivity contribution in [2.24, 2.45) is 0 Å². The number of ether oxygens (including phenoxy) is 1. The average molecular weight is 305 g/mol. The third-order valence-corrected chi connectivity index (χ3v) is 3.02. The molecule has 0 unspecified atom stereocenters. The van der Waals surface area contributed by atoms with Gasteiger partial charge in [0.25, 0.3) is 5.69 Å². The van der Waals surface area contributed by atoms with Crippen molar-refractivity contribution in [3.8, 4) is 0 Å². The molecule has 1 aromatic rings. The molecule has 0 saturated heterocycles. The summed E-state index contributed by atoms with van der Waals surface area (Å²) in [5.41, 5.74) is -0.168. The van der Waals surface area contributed by atoms with Gasteiger partial charge in [0.05, 0.1) is 23.1 Å². The molecule has 8 heteroatoms. The first kappa shape index (κ1) is 16.2. The number of carbonyl (C=O) groups excluding carboxylic acids is 1. The summed E-state index contributed by atoms with van der Waals surface area (Å²) in [5.74, 6) is -1.20. The van der Waals surface area contributed by atoms with Crippen LogP contribution < -0.4 is 4.90 Å². The Balaban J connectivity index is 2.86. The first-order valence-corrected chi connectivity index (χ1v) is 6.16. The second-order valence-corrected chi connectivity index (χ2v) is 4.52. The van der Waals surface area contributed by atoms with E-state index in [9.17, 15) is 19.3 Å². The summed E-state index contributed by atoms with van der Waals surface area (Å²) in [4.78, 5) is 22.8. The second-order valence-electron chi connectivity index (χ2n) is 4.11. The quantitative estimate of drug-likeness (QED) is 0.459. The van der Waals surface area contributed by atoms with E-state index in [0.717, 1.165) is 6.07 Å². The molecule has 0 radical (unpaired) electrons. The topological polar surface area (TPSA) is 72.7 Å². The number of nitro groups is 1. The third-order valence-electron chi connectivity index (χ3n) is 2.73. The Morgan fingerprint density at radius 2 is 2.20 bits per heavy atom. The van der Waals surface area contributed by atoms with Crippen molar-refractivity contribution in [3.63, 3.8) is 0 Å². The van der Waals surface area contributed by atoms with Gasteiger partial charge in [-0.2, -0.15) is 0 Å². The molecule has 0 spiro atoms. The zero-order valence-corrected chi connectivity index (χ0v) is 11.8. The number of anilines is 1.